The average molecular weight is 379 g/mol. The topological polar surface area (TPSA) is 44.8 Å². The molecule has 1 fully saturated rings. The number of rotatable bonds is 4. The molecule has 2 aromatic rings. The van der Waals surface area contributed by atoms with Gasteiger partial charge in [-0.2, -0.15) is 8.78 Å². The van der Waals surface area contributed by atoms with E-state index < -0.39 is 18.2 Å². The predicted molar refractivity (Wildman–Crippen MR) is 97.0 cm³/mol. The Bertz CT molecular complexity index is 809. The molecule has 0 aliphatic carbocycles. The van der Waals surface area contributed by atoms with Crippen LogP contribution >= 0.6 is 0 Å². The molecule has 0 saturated carbocycles. The number of piperazine rings is 1. The Kier molecular flexibility index (Phi) is 5.73. The second kappa shape index (κ2) is 8.20. The van der Waals surface area contributed by atoms with Crippen LogP contribution in [0.25, 0.3) is 0 Å². The Hall–Kier alpha value is -2.90. The highest BCUT2D eigenvalue weighted by molar-refractivity contribution is 5.89. The molecular formula is C19H20F3N3O2. The fraction of sp³-hybridized carbons (Fsp3) is 0.316. The van der Waals surface area contributed by atoms with E-state index in [9.17, 15) is 18.0 Å². The molecule has 1 heterocycles. The number of aryl methyl sites for hydroxylation is 1. The van der Waals surface area contributed by atoms with Gasteiger partial charge in [-0.1, -0.05) is 12.1 Å². The first-order valence-corrected chi connectivity index (χ1v) is 8.54. The molecule has 27 heavy (non-hydrogen) atoms. The number of halogens is 3. The number of alkyl halides is 2. The second-order valence-corrected chi connectivity index (χ2v) is 6.27. The van der Waals surface area contributed by atoms with Crippen LogP contribution in [0.2, 0.25) is 0 Å². The molecule has 0 unspecified atom stereocenters. The average Bonchev–Trinajstić information content (AvgIpc) is 2.64. The van der Waals surface area contributed by atoms with Crippen LogP contribution in [0, 0.1) is 12.7 Å². The number of nitrogens with one attached hydrogen (secondary N) is 1. The third-order valence-corrected chi connectivity index (χ3v) is 4.33. The zero-order chi connectivity index (χ0) is 19.4. The number of urea groups is 1. The standard InChI is InChI=1S/C19H20F3N3O2/c1-13-3-2-4-15(11-13)24-7-9-25(10-8-24)19(26)23-14-5-6-17(16(20)12-14)27-18(21)22/h2-6,11-12,18H,7-10H2,1H3,(H,23,26). The quantitative estimate of drug-likeness (QED) is 0.870. The van der Waals surface area contributed by atoms with Crippen molar-refractivity contribution < 1.29 is 22.7 Å². The summed E-state index contributed by atoms with van der Waals surface area (Å²) in [5.41, 5.74) is 2.47. The molecule has 5 nitrogen and oxygen atoms in total. The lowest BCUT2D eigenvalue weighted by molar-refractivity contribution is -0.0521. The Morgan fingerprint density at radius 3 is 2.48 bits per heavy atom. The fourth-order valence-corrected chi connectivity index (χ4v) is 2.97. The number of carbonyl (C=O) groups excluding carboxylic acids is 1. The van der Waals surface area contributed by atoms with Crippen LogP contribution in [0.3, 0.4) is 0 Å². The Labute approximate surface area is 155 Å². The maximum Gasteiger partial charge on any atom is 0.387 e. The van der Waals surface area contributed by atoms with Gasteiger partial charge in [-0.15, -0.1) is 0 Å². The van der Waals surface area contributed by atoms with E-state index in [-0.39, 0.29) is 11.7 Å². The van der Waals surface area contributed by atoms with E-state index in [2.05, 4.69) is 21.0 Å². The second-order valence-electron chi connectivity index (χ2n) is 6.27. The van der Waals surface area contributed by atoms with Gasteiger partial charge in [-0.05, 0) is 36.8 Å². The van der Waals surface area contributed by atoms with Crippen LogP contribution in [0.15, 0.2) is 42.5 Å². The van der Waals surface area contributed by atoms with Gasteiger partial charge in [0, 0.05) is 43.6 Å². The molecule has 2 aromatic carbocycles. The molecule has 3 rings (SSSR count). The van der Waals surface area contributed by atoms with E-state index in [0.29, 0.717) is 26.2 Å². The zero-order valence-corrected chi connectivity index (χ0v) is 14.8. The minimum Gasteiger partial charge on any atom is -0.432 e. The zero-order valence-electron chi connectivity index (χ0n) is 14.8. The van der Waals surface area contributed by atoms with Gasteiger partial charge in [0.05, 0.1) is 0 Å². The minimum atomic E-state index is -3.11. The lowest BCUT2D eigenvalue weighted by atomic mass is 10.2. The normalized spacial score (nSPS) is 14.4. The molecule has 0 aromatic heterocycles. The summed E-state index contributed by atoms with van der Waals surface area (Å²) >= 11 is 0. The van der Waals surface area contributed by atoms with Crippen LogP contribution in [-0.2, 0) is 0 Å². The molecule has 2 amide bonds. The van der Waals surface area contributed by atoms with Gasteiger partial charge in [0.2, 0.25) is 0 Å². The molecule has 8 heteroatoms. The summed E-state index contributed by atoms with van der Waals surface area (Å²) in [5.74, 6) is -1.52. The third-order valence-electron chi connectivity index (χ3n) is 4.33. The van der Waals surface area contributed by atoms with Crippen LogP contribution < -0.4 is 15.0 Å². The Morgan fingerprint density at radius 2 is 1.85 bits per heavy atom. The van der Waals surface area contributed by atoms with Gasteiger partial charge in [-0.3, -0.25) is 0 Å². The smallest absolute Gasteiger partial charge is 0.387 e. The summed E-state index contributed by atoms with van der Waals surface area (Å²) in [6.45, 7) is 1.34. The minimum absolute atomic E-state index is 0.181. The van der Waals surface area contributed by atoms with Crippen molar-refractivity contribution in [2.75, 3.05) is 36.4 Å². The van der Waals surface area contributed by atoms with Crippen molar-refractivity contribution in [1.29, 1.82) is 0 Å². The predicted octanol–water partition coefficient (Wildman–Crippen LogP) is 4.09. The third kappa shape index (κ3) is 4.84. The van der Waals surface area contributed by atoms with Gasteiger partial charge in [-0.25, -0.2) is 9.18 Å². The summed E-state index contributed by atoms with van der Waals surface area (Å²) in [6, 6.07) is 11.1. The van der Waals surface area contributed by atoms with Crippen molar-refractivity contribution in [3.63, 3.8) is 0 Å². The number of carbonyl (C=O) groups is 1. The molecule has 1 N–H and O–H groups in total. The van der Waals surface area contributed by atoms with E-state index in [1.54, 1.807) is 4.90 Å². The number of anilines is 2. The highest BCUT2D eigenvalue weighted by Gasteiger charge is 2.22. The molecule has 0 spiro atoms. The molecule has 1 aliphatic heterocycles. The summed E-state index contributed by atoms with van der Waals surface area (Å²) in [6.07, 6.45) is 0. The van der Waals surface area contributed by atoms with E-state index in [0.717, 1.165) is 17.8 Å². The van der Waals surface area contributed by atoms with Gasteiger partial charge in [0.1, 0.15) is 0 Å². The number of nitrogens with zero attached hydrogens (tertiary/aromatic N) is 2. The van der Waals surface area contributed by atoms with E-state index in [1.165, 1.54) is 11.6 Å². The monoisotopic (exact) mass is 379 g/mol. The molecule has 0 atom stereocenters. The fourth-order valence-electron chi connectivity index (χ4n) is 2.97. The van der Waals surface area contributed by atoms with Crippen LogP contribution in [0.4, 0.5) is 29.3 Å². The SMILES string of the molecule is Cc1cccc(N2CCN(C(=O)Nc3ccc(OC(F)F)c(F)c3)CC2)c1. The van der Waals surface area contributed by atoms with Crippen LogP contribution in [0.5, 0.6) is 5.75 Å². The summed E-state index contributed by atoms with van der Waals surface area (Å²) < 4.78 is 42.1. The van der Waals surface area contributed by atoms with Gasteiger partial charge >= 0.3 is 12.6 Å². The van der Waals surface area contributed by atoms with Crippen molar-refractivity contribution in [1.82, 2.24) is 4.90 Å². The molecule has 0 bridgehead atoms. The van der Waals surface area contributed by atoms with Crippen molar-refractivity contribution >= 4 is 17.4 Å². The van der Waals surface area contributed by atoms with E-state index in [4.69, 9.17) is 0 Å². The van der Waals surface area contributed by atoms with Gasteiger partial charge in [0.25, 0.3) is 0 Å². The largest absolute Gasteiger partial charge is 0.432 e. The van der Waals surface area contributed by atoms with Crippen molar-refractivity contribution in [2.24, 2.45) is 0 Å². The van der Waals surface area contributed by atoms with Gasteiger partial charge in [0.15, 0.2) is 11.6 Å². The lowest BCUT2D eigenvalue weighted by Crippen LogP contribution is -2.50. The molecule has 1 aliphatic rings. The van der Waals surface area contributed by atoms with Gasteiger partial charge < -0.3 is 19.9 Å². The first-order valence-electron chi connectivity index (χ1n) is 8.54. The molecule has 144 valence electrons. The maximum absolute atomic E-state index is 13.7. The molecule has 0 radical (unpaired) electrons. The summed E-state index contributed by atoms with van der Waals surface area (Å²) in [4.78, 5) is 16.2. The Morgan fingerprint density at radius 1 is 1.11 bits per heavy atom. The lowest BCUT2D eigenvalue weighted by Gasteiger charge is -2.36. The van der Waals surface area contributed by atoms with Crippen LogP contribution in [-0.4, -0.2) is 43.7 Å². The van der Waals surface area contributed by atoms with Crippen LogP contribution in [0.1, 0.15) is 5.56 Å². The highest BCUT2D eigenvalue weighted by Crippen LogP contribution is 2.23. The van der Waals surface area contributed by atoms with E-state index in [1.807, 2.05) is 25.1 Å². The molecular weight excluding hydrogens is 359 g/mol. The number of hydrogen-bond acceptors (Lipinski definition) is 3. The first-order chi connectivity index (χ1) is 12.9. The van der Waals surface area contributed by atoms with E-state index >= 15 is 0 Å². The maximum atomic E-state index is 13.7. The van der Waals surface area contributed by atoms with Crippen molar-refractivity contribution in [3.8, 4) is 5.75 Å². The van der Waals surface area contributed by atoms with Crippen molar-refractivity contribution in [3.05, 3.63) is 53.8 Å². The number of ether oxygens (including phenoxy) is 1. The number of benzene rings is 2. The number of hydrogen-bond donors (Lipinski definition) is 1. The highest BCUT2D eigenvalue weighted by atomic mass is 19.3. The first kappa shape index (κ1) is 18.9. The number of amides is 2. The van der Waals surface area contributed by atoms with Crippen molar-refractivity contribution in [2.45, 2.75) is 13.5 Å². The summed E-state index contributed by atoms with van der Waals surface area (Å²) in [7, 11) is 0. The molecule has 1 saturated heterocycles. The summed E-state index contributed by atoms with van der Waals surface area (Å²) in [5, 5.41) is 2.58. The Balaban J connectivity index is 1.56.